The Morgan fingerprint density at radius 1 is 1.39 bits per heavy atom. The zero-order chi connectivity index (χ0) is 13.6. The van der Waals surface area contributed by atoms with Crippen LogP contribution in [0.2, 0.25) is 0 Å². The molecule has 100 valence electrons. The fourth-order valence-electron chi connectivity index (χ4n) is 1.55. The van der Waals surface area contributed by atoms with Gasteiger partial charge in [-0.2, -0.15) is 0 Å². The number of hydrogen-bond acceptors (Lipinski definition) is 1. The minimum absolute atomic E-state index is 0.0590. The second-order valence-corrected chi connectivity index (χ2v) is 5.71. The lowest BCUT2D eigenvalue weighted by molar-refractivity contribution is -0.122. The van der Waals surface area contributed by atoms with Crippen molar-refractivity contribution in [3.63, 3.8) is 0 Å². The predicted octanol–water partition coefficient (Wildman–Crippen LogP) is 3.73. The van der Waals surface area contributed by atoms with Crippen molar-refractivity contribution in [1.82, 2.24) is 5.32 Å². The second-order valence-electron chi connectivity index (χ2n) is 4.26. The van der Waals surface area contributed by atoms with E-state index in [1.807, 2.05) is 31.2 Å². The van der Waals surface area contributed by atoms with Crippen LogP contribution in [0.3, 0.4) is 0 Å². The summed E-state index contributed by atoms with van der Waals surface area (Å²) < 4.78 is 0.962. The molecule has 5 heteroatoms. The van der Waals surface area contributed by atoms with Gasteiger partial charge in [-0.15, -0.1) is 23.2 Å². The number of alkyl halides is 2. The molecule has 1 aromatic carbocycles. The summed E-state index contributed by atoms with van der Waals surface area (Å²) in [7, 11) is 0. The van der Waals surface area contributed by atoms with Gasteiger partial charge in [0.25, 0.3) is 0 Å². The molecule has 0 aliphatic carbocycles. The zero-order valence-corrected chi connectivity index (χ0v) is 13.3. The molecule has 2 nitrogen and oxygen atoms in total. The third-order valence-electron chi connectivity index (χ3n) is 2.85. The number of benzene rings is 1. The smallest absolute Gasteiger partial charge is 0.224 e. The van der Waals surface area contributed by atoms with Crippen molar-refractivity contribution in [2.45, 2.75) is 25.3 Å². The molecule has 0 aliphatic rings. The average Bonchev–Trinajstić information content (AvgIpc) is 2.36. The molecule has 0 radical (unpaired) electrons. The van der Waals surface area contributed by atoms with Gasteiger partial charge in [-0.3, -0.25) is 4.79 Å². The Morgan fingerprint density at radius 2 is 2.06 bits per heavy atom. The van der Waals surface area contributed by atoms with Gasteiger partial charge in [-0.25, -0.2) is 0 Å². The van der Waals surface area contributed by atoms with Gasteiger partial charge >= 0.3 is 0 Å². The molecule has 0 unspecified atom stereocenters. The molecular weight excluding hydrogens is 337 g/mol. The Morgan fingerprint density at radius 3 is 2.56 bits per heavy atom. The van der Waals surface area contributed by atoms with Gasteiger partial charge in [-0.1, -0.05) is 35.0 Å². The van der Waals surface area contributed by atoms with Crippen LogP contribution in [0.4, 0.5) is 0 Å². The van der Waals surface area contributed by atoms with Crippen LogP contribution in [0.1, 0.15) is 18.9 Å². The molecule has 0 aromatic heterocycles. The summed E-state index contributed by atoms with van der Waals surface area (Å²) in [5.74, 6) is 0.574. The van der Waals surface area contributed by atoms with Gasteiger partial charge in [0, 0.05) is 16.2 Å². The van der Waals surface area contributed by atoms with Crippen LogP contribution < -0.4 is 5.32 Å². The molecular formula is C13H16BrCl2NO. The maximum atomic E-state index is 12.0. The summed E-state index contributed by atoms with van der Waals surface area (Å²) in [6, 6.07) is 7.67. The van der Waals surface area contributed by atoms with E-state index < -0.39 is 5.54 Å². The summed E-state index contributed by atoms with van der Waals surface area (Å²) >= 11 is 15.2. The van der Waals surface area contributed by atoms with Crippen LogP contribution >= 0.6 is 39.1 Å². The number of rotatable bonds is 6. The van der Waals surface area contributed by atoms with Crippen LogP contribution in [-0.2, 0) is 11.2 Å². The number of carbonyl (C=O) groups is 1. The molecule has 0 saturated heterocycles. The quantitative estimate of drug-likeness (QED) is 0.776. The van der Waals surface area contributed by atoms with Crippen molar-refractivity contribution >= 4 is 45.0 Å². The van der Waals surface area contributed by atoms with Crippen molar-refractivity contribution < 1.29 is 4.79 Å². The van der Waals surface area contributed by atoms with Gasteiger partial charge < -0.3 is 5.32 Å². The van der Waals surface area contributed by atoms with Crippen molar-refractivity contribution in [2.24, 2.45) is 0 Å². The van der Waals surface area contributed by atoms with Gasteiger partial charge in [0.15, 0.2) is 0 Å². The molecule has 0 saturated carbocycles. The van der Waals surface area contributed by atoms with Gasteiger partial charge in [-0.05, 0) is 24.1 Å². The van der Waals surface area contributed by atoms with E-state index in [2.05, 4.69) is 21.2 Å². The van der Waals surface area contributed by atoms with Crippen LogP contribution in [0.15, 0.2) is 28.7 Å². The molecule has 0 aliphatic heterocycles. The lowest BCUT2D eigenvalue weighted by Crippen LogP contribution is -2.51. The fourth-order valence-corrected chi connectivity index (χ4v) is 2.80. The first-order valence-electron chi connectivity index (χ1n) is 5.72. The third kappa shape index (κ3) is 4.45. The Hall–Kier alpha value is -0.250. The number of carbonyl (C=O) groups excluding carboxylic acids is 1. The number of amides is 1. The molecule has 1 aromatic rings. The summed E-state index contributed by atoms with van der Waals surface area (Å²) in [5.41, 5.74) is 0.447. The SMILES string of the molecule is CCC(CCl)(CCl)NC(=O)Cc1cccc(Br)c1. The fraction of sp³-hybridized carbons (Fsp3) is 0.462. The maximum Gasteiger partial charge on any atom is 0.224 e. The highest BCUT2D eigenvalue weighted by atomic mass is 79.9. The lowest BCUT2D eigenvalue weighted by Gasteiger charge is -2.29. The number of hydrogen-bond donors (Lipinski definition) is 1. The normalized spacial score (nSPS) is 11.3. The van der Waals surface area contributed by atoms with Gasteiger partial charge in [0.2, 0.25) is 5.91 Å². The van der Waals surface area contributed by atoms with Crippen molar-refractivity contribution in [2.75, 3.05) is 11.8 Å². The van der Waals surface area contributed by atoms with Crippen molar-refractivity contribution in [3.8, 4) is 0 Å². The van der Waals surface area contributed by atoms with Crippen molar-refractivity contribution in [3.05, 3.63) is 34.3 Å². The van der Waals surface area contributed by atoms with E-state index in [1.54, 1.807) is 0 Å². The largest absolute Gasteiger partial charge is 0.348 e. The van der Waals surface area contributed by atoms with E-state index in [1.165, 1.54) is 0 Å². The Kier molecular flexibility index (Phi) is 6.47. The monoisotopic (exact) mass is 351 g/mol. The lowest BCUT2D eigenvalue weighted by atomic mass is 10.0. The number of nitrogens with one attached hydrogen (secondary N) is 1. The Bertz CT molecular complexity index is 399. The standard InChI is InChI=1S/C13H16BrCl2NO/c1-2-13(8-15,9-16)17-12(18)7-10-4-3-5-11(14)6-10/h3-6H,2,7-9H2,1H3,(H,17,18). The molecule has 0 atom stereocenters. The highest BCUT2D eigenvalue weighted by Crippen LogP contribution is 2.16. The predicted molar refractivity (Wildman–Crippen MR) is 80.5 cm³/mol. The minimum atomic E-state index is -0.508. The topological polar surface area (TPSA) is 29.1 Å². The first-order valence-corrected chi connectivity index (χ1v) is 7.59. The van der Waals surface area contributed by atoms with Crippen LogP contribution in [0.5, 0.6) is 0 Å². The first kappa shape index (κ1) is 15.8. The second kappa shape index (κ2) is 7.37. The minimum Gasteiger partial charge on any atom is -0.348 e. The van der Waals surface area contributed by atoms with Crippen LogP contribution in [0.25, 0.3) is 0 Å². The molecule has 18 heavy (non-hydrogen) atoms. The summed E-state index contributed by atoms with van der Waals surface area (Å²) in [5, 5.41) is 2.93. The van der Waals surface area contributed by atoms with E-state index in [-0.39, 0.29) is 5.91 Å². The highest BCUT2D eigenvalue weighted by Gasteiger charge is 2.27. The summed E-state index contributed by atoms with van der Waals surface area (Å²) in [6.45, 7) is 1.96. The van der Waals surface area contributed by atoms with Gasteiger partial charge in [0.1, 0.15) is 0 Å². The molecule has 0 bridgehead atoms. The molecule has 0 fully saturated rings. The highest BCUT2D eigenvalue weighted by molar-refractivity contribution is 9.10. The molecule has 0 spiro atoms. The molecule has 0 heterocycles. The van der Waals surface area contributed by atoms with Gasteiger partial charge in [0.05, 0.1) is 12.0 Å². The average molecular weight is 353 g/mol. The van der Waals surface area contributed by atoms with Crippen LogP contribution in [-0.4, -0.2) is 23.2 Å². The Balaban J connectivity index is 2.66. The van der Waals surface area contributed by atoms with E-state index in [4.69, 9.17) is 23.2 Å². The number of halogens is 3. The summed E-state index contributed by atoms with van der Waals surface area (Å²) in [4.78, 5) is 12.0. The van der Waals surface area contributed by atoms with Crippen LogP contribution in [0, 0.1) is 0 Å². The van der Waals surface area contributed by atoms with E-state index in [0.717, 1.165) is 10.0 Å². The summed E-state index contributed by atoms with van der Waals surface area (Å²) in [6.07, 6.45) is 1.04. The van der Waals surface area contributed by atoms with E-state index in [0.29, 0.717) is 24.6 Å². The maximum absolute atomic E-state index is 12.0. The molecule has 1 rings (SSSR count). The Labute approximate surface area is 126 Å². The van der Waals surface area contributed by atoms with E-state index in [9.17, 15) is 4.79 Å². The molecule has 1 amide bonds. The third-order valence-corrected chi connectivity index (χ3v) is 4.36. The van der Waals surface area contributed by atoms with Crippen molar-refractivity contribution in [1.29, 1.82) is 0 Å². The van der Waals surface area contributed by atoms with E-state index >= 15 is 0 Å². The molecule has 1 N–H and O–H groups in total. The first-order chi connectivity index (χ1) is 8.55. The zero-order valence-electron chi connectivity index (χ0n) is 10.2.